The lowest BCUT2D eigenvalue weighted by Gasteiger charge is -2.22. The number of para-hydroxylation sites is 2. The second kappa shape index (κ2) is 8.83. The first-order chi connectivity index (χ1) is 11.2. The number of carbonyl (C=O) groups is 1. The lowest BCUT2D eigenvalue weighted by molar-refractivity contribution is -0.134. The number of hydrogen-bond acceptors (Lipinski definition) is 3. The van der Waals surface area contributed by atoms with Crippen molar-refractivity contribution in [2.75, 3.05) is 20.3 Å². The van der Waals surface area contributed by atoms with Crippen LogP contribution in [0.4, 0.5) is 0 Å². The van der Waals surface area contributed by atoms with Crippen molar-refractivity contribution in [3.8, 4) is 11.5 Å². The Kier molecular flexibility index (Phi) is 6.48. The third-order valence-corrected chi connectivity index (χ3v) is 3.48. The molecule has 4 heteroatoms. The van der Waals surface area contributed by atoms with E-state index >= 15 is 0 Å². The van der Waals surface area contributed by atoms with Gasteiger partial charge in [0.25, 0.3) is 5.91 Å². The molecule has 0 aliphatic heterocycles. The number of rotatable bonds is 8. The third-order valence-electron chi connectivity index (χ3n) is 3.48. The van der Waals surface area contributed by atoms with E-state index in [9.17, 15) is 4.79 Å². The second-order valence-corrected chi connectivity index (χ2v) is 5.24. The van der Waals surface area contributed by atoms with E-state index in [0.717, 1.165) is 12.0 Å². The topological polar surface area (TPSA) is 38.8 Å². The summed E-state index contributed by atoms with van der Waals surface area (Å²) in [5, 5.41) is 0. The molecule has 0 aliphatic carbocycles. The molecule has 2 rings (SSSR count). The maximum Gasteiger partial charge on any atom is 0.260 e. The standard InChI is InChI=1S/C19H23NO3/c1-3-13-20(14-16-9-5-4-6-10-16)19(21)15-23-18-12-8-7-11-17(18)22-2/h4-12H,3,13-15H2,1-2H3. The molecule has 0 fully saturated rings. The number of hydrogen-bond donors (Lipinski definition) is 0. The van der Waals surface area contributed by atoms with Gasteiger partial charge >= 0.3 is 0 Å². The Hall–Kier alpha value is -2.49. The molecular formula is C19H23NO3. The second-order valence-electron chi connectivity index (χ2n) is 5.24. The van der Waals surface area contributed by atoms with Crippen LogP contribution in [0.25, 0.3) is 0 Å². The molecule has 0 aliphatic rings. The highest BCUT2D eigenvalue weighted by Gasteiger charge is 2.15. The molecule has 0 saturated heterocycles. The maximum atomic E-state index is 12.5. The Morgan fingerprint density at radius 2 is 1.65 bits per heavy atom. The number of nitrogens with zero attached hydrogens (tertiary/aromatic N) is 1. The molecule has 2 aromatic rings. The summed E-state index contributed by atoms with van der Waals surface area (Å²) in [4.78, 5) is 14.3. The van der Waals surface area contributed by atoms with Crippen molar-refractivity contribution in [3.05, 3.63) is 60.2 Å². The van der Waals surface area contributed by atoms with Crippen LogP contribution < -0.4 is 9.47 Å². The van der Waals surface area contributed by atoms with Crippen LogP contribution in [0.15, 0.2) is 54.6 Å². The van der Waals surface area contributed by atoms with E-state index in [1.165, 1.54) is 0 Å². The van der Waals surface area contributed by atoms with E-state index in [1.54, 1.807) is 13.2 Å². The third kappa shape index (κ3) is 5.02. The lowest BCUT2D eigenvalue weighted by atomic mass is 10.2. The van der Waals surface area contributed by atoms with Crippen LogP contribution in [0.1, 0.15) is 18.9 Å². The van der Waals surface area contributed by atoms with Gasteiger partial charge in [0.15, 0.2) is 18.1 Å². The molecule has 2 aromatic carbocycles. The van der Waals surface area contributed by atoms with E-state index in [-0.39, 0.29) is 12.5 Å². The fourth-order valence-corrected chi connectivity index (χ4v) is 2.33. The van der Waals surface area contributed by atoms with Crippen LogP contribution in [-0.4, -0.2) is 31.1 Å². The summed E-state index contributed by atoms with van der Waals surface area (Å²) in [6.45, 7) is 3.38. The predicted octanol–water partition coefficient (Wildman–Crippen LogP) is 3.51. The highest BCUT2D eigenvalue weighted by molar-refractivity contribution is 5.77. The largest absolute Gasteiger partial charge is 0.493 e. The fraction of sp³-hybridized carbons (Fsp3) is 0.316. The van der Waals surface area contributed by atoms with Crippen LogP contribution in [0.5, 0.6) is 11.5 Å². The molecule has 0 unspecified atom stereocenters. The molecule has 0 saturated carbocycles. The first-order valence-electron chi connectivity index (χ1n) is 7.82. The Labute approximate surface area is 137 Å². The summed E-state index contributed by atoms with van der Waals surface area (Å²) >= 11 is 0. The van der Waals surface area contributed by atoms with Gasteiger partial charge in [-0.05, 0) is 24.1 Å². The molecular weight excluding hydrogens is 290 g/mol. The van der Waals surface area contributed by atoms with Gasteiger partial charge in [0.2, 0.25) is 0 Å². The average molecular weight is 313 g/mol. The fourth-order valence-electron chi connectivity index (χ4n) is 2.33. The van der Waals surface area contributed by atoms with Crippen LogP contribution in [0.3, 0.4) is 0 Å². The Morgan fingerprint density at radius 1 is 1.00 bits per heavy atom. The minimum Gasteiger partial charge on any atom is -0.493 e. The lowest BCUT2D eigenvalue weighted by Crippen LogP contribution is -2.35. The molecule has 4 nitrogen and oxygen atoms in total. The number of amides is 1. The van der Waals surface area contributed by atoms with Gasteiger partial charge in [-0.25, -0.2) is 0 Å². The number of ether oxygens (including phenoxy) is 2. The van der Waals surface area contributed by atoms with Crippen molar-refractivity contribution in [3.63, 3.8) is 0 Å². The molecule has 0 aromatic heterocycles. The van der Waals surface area contributed by atoms with Gasteiger partial charge in [0, 0.05) is 13.1 Å². The Morgan fingerprint density at radius 3 is 2.30 bits per heavy atom. The summed E-state index contributed by atoms with van der Waals surface area (Å²) < 4.78 is 10.9. The number of carbonyl (C=O) groups excluding carboxylic acids is 1. The van der Waals surface area contributed by atoms with Crippen molar-refractivity contribution in [1.82, 2.24) is 4.90 Å². The van der Waals surface area contributed by atoms with E-state index in [0.29, 0.717) is 24.6 Å². The zero-order valence-corrected chi connectivity index (χ0v) is 13.7. The SMILES string of the molecule is CCCN(Cc1ccccc1)C(=O)COc1ccccc1OC. The molecule has 1 amide bonds. The first-order valence-corrected chi connectivity index (χ1v) is 7.82. The highest BCUT2D eigenvalue weighted by atomic mass is 16.5. The number of methoxy groups -OCH3 is 1. The van der Waals surface area contributed by atoms with Gasteiger partial charge in [-0.1, -0.05) is 49.4 Å². The van der Waals surface area contributed by atoms with Crippen molar-refractivity contribution in [2.24, 2.45) is 0 Å². The van der Waals surface area contributed by atoms with Crippen molar-refractivity contribution in [1.29, 1.82) is 0 Å². The summed E-state index contributed by atoms with van der Waals surface area (Å²) in [6, 6.07) is 17.3. The van der Waals surface area contributed by atoms with Crippen molar-refractivity contribution < 1.29 is 14.3 Å². The first kappa shape index (κ1) is 16.9. The summed E-state index contributed by atoms with van der Waals surface area (Å²) in [5.41, 5.74) is 1.12. The highest BCUT2D eigenvalue weighted by Crippen LogP contribution is 2.25. The maximum absolute atomic E-state index is 12.5. The smallest absolute Gasteiger partial charge is 0.260 e. The quantitative estimate of drug-likeness (QED) is 0.748. The van der Waals surface area contributed by atoms with Gasteiger partial charge in [-0.3, -0.25) is 4.79 Å². The zero-order valence-electron chi connectivity index (χ0n) is 13.7. The van der Waals surface area contributed by atoms with E-state index in [4.69, 9.17) is 9.47 Å². The molecule has 23 heavy (non-hydrogen) atoms. The van der Waals surface area contributed by atoms with E-state index in [1.807, 2.05) is 53.4 Å². The van der Waals surface area contributed by atoms with Gasteiger partial charge in [0.1, 0.15) is 0 Å². The van der Waals surface area contributed by atoms with Crippen molar-refractivity contribution >= 4 is 5.91 Å². The number of benzene rings is 2. The van der Waals surface area contributed by atoms with Gasteiger partial charge in [-0.2, -0.15) is 0 Å². The van der Waals surface area contributed by atoms with Crippen LogP contribution in [0, 0.1) is 0 Å². The summed E-state index contributed by atoms with van der Waals surface area (Å²) in [6.07, 6.45) is 0.910. The molecule has 0 N–H and O–H groups in total. The van der Waals surface area contributed by atoms with E-state index in [2.05, 4.69) is 6.92 Å². The molecule has 122 valence electrons. The minimum atomic E-state index is -0.0263. The van der Waals surface area contributed by atoms with Gasteiger partial charge in [0.05, 0.1) is 7.11 Å². The van der Waals surface area contributed by atoms with E-state index < -0.39 is 0 Å². The predicted molar refractivity (Wildman–Crippen MR) is 90.6 cm³/mol. The molecule has 0 atom stereocenters. The normalized spacial score (nSPS) is 10.2. The van der Waals surface area contributed by atoms with Gasteiger partial charge in [-0.15, -0.1) is 0 Å². The zero-order chi connectivity index (χ0) is 16.5. The monoisotopic (exact) mass is 313 g/mol. The molecule has 0 bridgehead atoms. The van der Waals surface area contributed by atoms with Gasteiger partial charge < -0.3 is 14.4 Å². The average Bonchev–Trinajstić information content (AvgIpc) is 2.60. The van der Waals surface area contributed by atoms with Crippen LogP contribution in [0.2, 0.25) is 0 Å². The van der Waals surface area contributed by atoms with Crippen molar-refractivity contribution in [2.45, 2.75) is 19.9 Å². The minimum absolute atomic E-state index is 0.00715. The Balaban J connectivity index is 1.98. The van der Waals surface area contributed by atoms with Crippen LogP contribution in [-0.2, 0) is 11.3 Å². The Bertz CT molecular complexity index is 613. The van der Waals surface area contributed by atoms with Crippen LogP contribution >= 0.6 is 0 Å². The molecule has 0 radical (unpaired) electrons. The summed E-state index contributed by atoms with van der Waals surface area (Å²) in [5.74, 6) is 1.19. The summed E-state index contributed by atoms with van der Waals surface area (Å²) in [7, 11) is 1.59. The molecule has 0 spiro atoms. The molecule has 0 heterocycles.